The monoisotopic (exact) mass is 302 g/mol. The minimum Gasteiger partial charge on any atom is -0.292 e. The first-order valence-electron chi connectivity index (χ1n) is 6.61. The van der Waals surface area contributed by atoms with Crippen molar-refractivity contribution in [2.24, 2.45) is 0 Å². The van der Waals surface area contributed by atoms with Gasteiger partial charge in [-0.2, -0.15) is 4.31 Å². The standard InChI is InChI=1S/C15H14N2O3S/c18-14-8-10-17(11-12-5-4-9-16-15(12)14)21(19,20)13-6-2-1-3-7-13/h1-7,9H,8,10-11H2. The predicted octanol–water partition coefficient (Wildman–Crippen LogP) is 1.86. The van der Waals surface area contributed by atoms with Crippen LogP contribution >= 0.6 is 0 Å². The number of hydrogen-bond acceptors (Lipinski definition) is 4. The van der Waals surface area contributed by atoms with Gasteiger partial charge >= 0.3 is 0 Å². The highest BCUT2D eigenvalue weighted by molar-refractivity contribution is 7.89. The Morgan fingerprint density at radius 2 is 1.81 bits per heavy atom. The molecule has 3 rings (SSSR count). The van der Waals surface area contributed by atoms with Gasteiger partial charge in [0.25, 0.3) is 0 Å². The number of rotatable bonds is 2. The smallest absolute Gasteiger partial charge is 0.243 e. The van der Waals surface area contributed by atoms with Crippen LogP contribution in [0.5, 0.6) is 0 Å². The maximum absolute atomic E-state index is 12.7. The highest BCUT2D eigenvalue weighted by Crippen LogP contribution is 2.23. The molecule has 0 unspecified atom stereocenters. The maximum Gasteiger partial charge on any atom is 0.243 e. The first-order chi connectivity index (χ1) is 10.1. The summed E-state index contributed by atoms with van der Waals surface area (Å²) in [7, 11) is -3.60. The fraction of sp³-hybridized carbons (Fsp3) is 0.200. The molecule has 0 fully saturated rings. The van der Waals surface area contributed by atoms with E-state index < -0.39 is 10.0 Å². The lowest BCUT2D eigenvalue weighted by atomic mass is 10.1. The van der Waals surface area contributed by atoms with Crippen molar-refractivity contribution in [3.05, 3.63) is 59.9 Å². The van der Waals surface area contributed by atoms with E-state index in [0.29, 0.717) is 11.3 Å². The molecule has 108 valence electrons. The van der Waals surface area contributed by atoms with Gasteiger partial charge in [0.05, 0.1) is 4.90 Å². The van der Waals surface area contributed by atoms with E-state index in [-0.39, 0.29) is 30.2 Å². The Labute approximate surface area is 123 Å². The quantitative estimate of drug-likeness (QED) is 0.849. The van der Waals surface area contributed by atoms with Gasteiger partial charge in [-0.25, -0.2) is 8.42 Å². The van der Waals surface area contributed by atoms with Gasteiger partial charge in [-0.3, -0.25) is 9.78 Å². The van der Waals surface area contributed by atoms with Crippen LogP contribution in [0.15, 0.2) is 53.6 Å². The van der Waals surface area contributed by atoms with Crippen LogP contribution in [0.3, 0.4) is 0 Å². The lowest BCUT2D eigenvalue weighted by Gasteiger charge is -2.20. The molecule has 0 atom stereocenters. The number of hydrogen-bond donors (Lipinski definition) is 0. The Bertz CT molecular complexity index is 773. The van der Waals surface area contributed by atoms with E-state index in [9.17, 15) is 13.2 Å². The van der Waals surface area contributed by atoms with Crippen LogP contribution in [0.1, 0.15) is 22.5 Å². The molecule has 1 aliphatic rings. The summed E-state index contributed by atoms with van der Waals surface area (Å²) in [4.78, 5) is 16.3. The molecule has 0 aliphatic carbocycles. The Morgan fingerprint density at radius 1 is 1.05 bits per heavy atom. The average molecular weight is 302 g/mol. The van der Waals surface area contributed by atoms with Crippen molar-refractivity contribution in [2.45, 2.75) is 17.9 Å². The zero-order chi connectivity index (χ0) is 14.9. The summed E-state index contributed by atoms with van der Waals surface area (Å²) in [6.45, 7) is 0.346. The normalized spacial score (nSPS) is 16.3. The van der Waals surface area contributed by atoms with Crippen LogP contribution in [-0.2, 0) is 16.6 Å². The number of sulfonamides is 1. The van der Waals surface area contributed by atoms with Crippen molar-refractivity contribution < 1.29 is 13.2 Å². The van der Waals surface area contributed by atoms with Crippen molar-refractivity contribution >= 4 is 15.8 Å². The second kappa shape index (κ2) is 5.38. The summed E-state index contributed by atoms with van der Waals surface area (Å²) in [5, 5.41) is 0. The van der Waals surface area contributed by atoms with Gasteiger partial charge in [-0.1, -0.05) is 24.3 Å². The van der Waals surface area contributed by atoms with Gasteiger partial charge in [0.1, 0.15) is 5.69 Å². The molecule has 1 aromatic carbocycles. The molecule has 1 aromatic heterocycles. The number of fused-ring (bicyclic) bond motifs is 1. The van der Waals surface area contributed by atoms with E-state index in [1.807, 2.05) is 0 Å². The van der Waals surface area contributed by atoms with E-state index >= 15 is 0 Å². The fourth-order valence-electron chi connectivity index (χ4n) is 2.38. The molecule has 0 spiro atoms. The van der Waals surface area contributed by atoms with Crippen molar-refractivity contribution in [3.8, 4) is 0 Å². The number of aromatic nitrogens is 1. The van der Waals surface area contributed by atoms with Crippen LogP contribution < -0.4 is 0 Å². The van der Waals surface area contributed by atoms with E-state index in [4.69, 9.17) is 0 Å². The summed E-state index contributed by atoms with van der Waals surface area (Å²) in [6.07, 6.45) is 1.70. The molecule has 21 heavy (non-hydrogen) atoms. The Balaban J connectivity index is 2.00. The number of nitrogens with zero attached hydrogens (tertiary/aromatic N) is 2. The first kappa shape index (κ1) is 13.9. The number of carbonyl (C=O) groups is 1. The number of benzene rings is 1. The van der Waals surface area contributed by atoms with Gasteiger partial charge in [-0.05, 0) is 23.8 Å². The van der Waals surface area contributed by atoms with E-state index in [2.05, 4.69) is 4.98 Å². The molecule has 2 heterocycles. The molecule has 0 saturated heterocycles. The minimum atomic E-state index is -3.60. The van der Waals surface area contributed by atoms with Crippen molar-refractivity contribution in [1.82, 2.24) is 9.29 Å². The van der Waals surface area contributed by atoms with Crippen molar-refractivity contribution in [3.63, 3.8) is 0 Å². The largest absolute Gasteiger partial charge is 0.292 e. The third-order valence-electron chi connectivity index (χ3n) is 3.47. The Kier molecular flexibility index (Phi) is 3.57. The number of ketones is 1. The fourth-order valence-corrected chi connectivity index (χ4v) is 3.82. The third kappa shape index (κ3) is 2.59. The predicted molar refractivity (Wildman–Crippen MR) is 77.2 cm³/mol. The van der Waals surface area contributed by atoms with E-state index in [1.54, 1.807) is 48.7 Å². The van der Waals surface area contributed by atoms with E-state index in [1.165, 1.54) is 4.31 Å². The number of carbonyl (C=O) groups excluding carboxylic acids is 1. The van der Waals surface area contributed by atoms with Crippen LogP contribution in [0, 0.1) is 0 Å². The molecule has 2 aromatic rings. The van der Waals surface area contributed by atoms with Crippen LogP contribution in [-0.4, -0.2) is 30.0 Å². The highest BCUT2D eigenvalue weighted by atomic mass is 32.2. The van der Waals surface area contributed by atoms with Gasteiger partial charge in [0.15, 0.2) is 5.78 Å². The van der Waals surface area contributed by atoms with Crippen LogP contribution in [0.4, 0.5) is 0 Å². The van der Waals surface area contributed by atoms with Crippen molar-refractivity contribution in [2.75, 3.05) is 6.54 Å². The summed E-state index contributed by atoms with van der Waals surface area (Å²) < 4.78 is 26.6. The molecule has 0 bridgehead atoms. The van der Waals surface area contributed by atoms with Crippen LogP contribution in [0.25, 0.3) is 0 Å². The minimum absolute atomic E-state index is 0.114. The Morgan fingerprint density at radius 3 is 2.57 bits per heavy atom. The topological polar surface area (TPSA) is 67.3 Å². The van der Waals surface area contributed by atoms with Gasteiger partial charge in [0.2, 0.25) is 10.0 Å². The molecule has 6 heteroatoms. The number of pyridine rings is 1. The van der Waals surface area contributed by atoms with Gasteiger partial charge in [-0.15, -0.1) is 0 Å². The molecule has 5 nitrogen and oxygen atoms in total. The average Bonchev–Trinajstić information content (AvgIpc) is 2.68. The zero-order valence-electron chi connectivity index (χ0n) is 11.3. The molecular weight excluding hydrogens is 288 g/mol. The summed E-state index contributed by atoms with van der Waals surface area (Å²) >= 11 is 0. The molecule has 0 saturated carbocycles. The van der Waals surface area contributed by atoms with Gasteiger partial charge < -0.3 is 0 Å². The summed E-state index contributed by atoms with van der Waals surface area (Å²) in [6, 6.07) is 11.7. The Hall–Kier alpha value is -2.05. The molecule has 0 radical (unpaired) electrons. The lowest BCUT2D eigenvalue weighted by molar-refractivity contribution is 0.0976. The lowest BCUT2D eigenvalue weighted by Crippen LogP contribution is -2.31. The zero-order valence-corrected chi connectivity index (χ0v) is 12.1. The molecule has 1 aliphatic heterocycles. The SMILES string of the molecule is O=C1CCN(S(=O)(=O)c2ccccc2)Cc2cccnc21. The summed E-state index contributed by atoms with van der Waals surface area (Å²) in [5.74, 6) is -0.114. The maximum atomic E-state index is 12.7. The second-order valence-corrected chi connectivity index (χ2v) is 6.77. The summed E-state index contributed by atoms with van der Waals surface area (Å²) in [5.41, 5.74) is 1.03. The molecule has 0 amide bonds. The second-order valence-electron chi connectivity index (χ2n) is 4.84. The molecular formula is C15H14N2O3S. The van der Waals surface area contributed by atoms with E-state index in [0.717, 1.165) is 0 Å². The highest BCUT2D eigenvalue weighted by Gasteiger charge is 2.29. The third-order valence-corrected chi connectivity index (χ3v) is 5.33. The number of Topliss-reactive ketones (excluding diaryl/α,β-unsaturated/α-hetero) is 1. The first-order valence-corrected chi connectivity index (χ1v) is 8.05. The molecule has 0 N–H and O–H groups in total. The van der Waals surface area contributed by atoms with Gasteiger partial charge in [0, 0.05) is 25.7 Å². The van der Waals surface area contributed by atoms with Crippen molar-refractivity contribution in [1.29, 1.82) is 0 Å². The van der Waals surface area contributed by atoms with Crippen LogP contribution in [0.2, 0.25) is 0 Å².